The van der Waals surface area contributed by atoms with E-state index < -0.39 is 0 Å². The zero-order valence-electron chi connectivity index (χ0n) is 77.5. The predicted octanol–water partition coefficient (Wildman–Crippen LogP) is 4.40. The van der Waals surface area contributed by atoms with E-state index in [-0.39, 0.29) is 49.3 Å². The maximum absolute atomic E-state index is 7.77. The molecule has 0 radical (unpaired) electrons. The first-order valence-corrected chi connectivity index (χ1v) is 41.6. The summed E-state index contributed by atoms with van der Waals surface area (Å²) in [5, 5.41) is 67.7. The molecule has 0 aromatic heterocycles. The monoisotopic (exact) mass is 1630 g/mol. The quantitative estimate of drug-likeness (QED) is 0.0751. The van der Waals surface area contributed by atoms with Crippen LogP contribution >= 0.6 is 0 Å². The van der Waals surface area contributed by atoms with Gasteiger partial charge in [0, 0.05) is 165 Å². The average molecular weight is 1630 g/mol. The second kappa shape index (κ2) is 56.3. The van der Waals surface area contributed by atoms with Crippen molar-refractivity contribution in [3.63, 3.8) is 0 Å². The van der Waals surface area contributed by atoms with Crippen molar-refractivity contribution >= 4 is 95.4 Å². The van der Waals surface area contributed by atoms with Crippen LogP contribution in [-0.2, 0) is 0 Å². The molecule has 0 saturated carbocycles. The van der Waals surface area contributed by atoms with Crippen molar-refractivity contribution in [3.8, 4) is 0 Å². The minimum Gasteiger partial charge on any atom is -0.346 e. The molecule has 0 aromatic carbocycles. The fourth-order valence-electron chi connectivity index (χ4n) is 11.3. The third kappa shape index (κ3) is 38.1. The minimum atomic E-state index is -0.00711. The van der Waals surface area contributed by atoms with Crippen molar-refractivity contribution in [2.75, 3.05) is 165 Å². The lowest BCUT2D eigenvalue weighted by Crippen LogP contribution is -2.54. The highest BCUT2D eigenvalue weighted by atomic mass is 15.5. The molecule has 0 spiro atoms. The van der Waals surface area contributed by atoms with Crippen molar-refractivity contribution in [1.29, 1.82) is 21.6 Å². The standard InChI is InChI=1S/2C11H23N5.2C10H21N5.2C9H19N5.2C8H17N5/c1-5-6-7-8-15(3)11-14-9(2)13-10(12)16(11)4;1-5-6-7-8-16(4)11-14-9(2)13-10(12-3)15-11;1-5-6-7-14(3)10-13-8(2)12-9(11)15(10)4;1-5-6-7-15(4)10-13-8(2)12-9(11-3)14-10;1-5-6-13(3)9-12-7(2)11-8(10)14(9)4;1-5-6-14(4)9-12-7(2)11-8(10-3)13-9;1-5-12(3)8-11-6(2)10-7(9)13(8)4;1-5-13(4)8-11-6(2)10-7(9-3)12-8/h9H,5-8H2,1-4H3,(H2,12,13);9H,5-8H2,1-4H3,(H2,12,13,14,15);8H,5-7H2,1-4H3,(H2,11,12);8H,5-7H2,1-4H3,(H2,11,12,13,14);7H,5-6H2,1-4H3,(H2,10,11);7H,5-6H2,1-4H3,(H2,10,11,12,13);6H,5H2,1-4H3,(H2,9,10);6H,5H2,1-4H3,(H2,9,10,11,12). The molecule has 8 atom stereocenters. The molecule has 664 valence electrons. The van der Waals surface area contributed by atoms with E-state index in [1.54, 1.807) is 47.8 Å². The first-order valence-electron chi connectivity index (χ1n) is 41.6. The molecule has 8 aliphatic heterocycles. The minimum absolute atomic E-state index is 0.00648. The van der Waals surface area contributed by atoms with E-state index in [0.29, 0.717) is 23.8 Å². The topological polar surface area (TPSA) is 427 Å². The van der Waals surface area contributed by atoms with Crippen LogP contribution in [0.25, 0.3) is 0 Å². The van der Waals surface area contributed by atoms with Gasteiger partial charge in [-0.2, -0.15) is 0 Å². The molecule has 0 saturated heterocycles. The van der Waals surface area contributed by atoms with Gasteiger partial charge >= 0.3 is 0 Å². The van der Waals surface area contributed by atoms with Gasteiger partial charge in [-0.05, 0) is 108 Å². The molecule has 16 N–H and O–H groups in total. The first-order chi connectivity index (χ1) is 54.9. The van der Waals surface area contributed by atoms with Crippen molar-refractivity contribution in [2.24, 2.45) is 59.9 Å². The Kier molecular flexibility index (Phi) is 50.4. The molecule has 0 aromatic rings. The maximum atomic E-state index is 7.77. The van der Waals surface area contributed by atoms with E-state index in [1.165, 1.54) is 57.8 Å². The molecule has 116 heavy (non-hydrogen) atoms. The van der Waals surface area contributed by atoms with E-state index in [9.17, 15) is 0 Å². The maximum Gasteiger partial charge on any atom is 0.205 e. The van der Waals surface area contributed by atoms with E-state index in [4.69, 9.17) is 21.6 Å². The van der Waals surface area contributed by atoms with E-state index >= 15 is 0 Å². The first kappa shape index (κ1) is 104. The summed E-state index contributed by atoms with van der Waals surface area (Å²) in [6.45, 7) is 40.8. The second-order valence-corrected chi connectivity index (χ2v) is 29.2. The van der Waals surface area contributed by atoms with Gasteiger partial charge in [-0.3, -0.25) is 82.5 Å². The van der Waals surface area contributed by atoms with Gasteiger partial charge in [0.25, 0.3) is 0 Å². The molecule has 0 amide bonds. The molecule has 0 bridgehead atoms. The Morgan fingerprint density at radius 1 is 0.267 bits per heavy atom. The number of unbranched alkanes of at least 4 members (excludes halogenated alkanes) is 6. The van der Waals surface area contributed by atoms with Gasteiger partial charge in [-0.1, -0.05) is 80.1 Å². The summed E-state index contributed by atoms with van der Waals surface area (Å²) in [6.07, 6.45) is 14.6. The number of guanidine groups is 16. The highest BCUT2D eigenvalue weighted by Crippen LogP contribution is 2.11. The van der Waals surface area contributed by atoms with Crippen LogP contribution < -0.4 is 63.8 Å². The average Bonchev–Trinajstić information content (AvgIpc) is 0.844. The van der Waals surface area contributed by atoms with Crippen molar-refractivity contribution in [1.82, 2.24) is 123 Å². The van der Waals surface area contributed by atoms with Gasteiger partial charge in [-0.15, -0.1) is 0 Å². The van der Waals surface area contributed by atoms with Gasteiger partial charge in [0.15, 0.2) is 47.7 Å². The summed E-state index contributed by atoms with van der Waals surface area (Å²) in [6, 6.07) is 0. The van der Waals surface area contributed by atoms with Crippen LogP contribution in [0.1, 0.15) is 188 Å². The van der Waals surface area contributed by atoms with Crippen LogP contribution in [0.2, 0.25) is 0 Å². The SMILES string of the molecule is CCCCCN(C)C1=NC(C)NC(=N)N1C.CCCCCN(C)C1=NC(C)NC(=NC)N1.CCCCN(C)C1=NC(C)NC(=N)N1C.CCCCN(C)C1=NC(C)NC(=NC)N1.CCCN(C)C1=NC(C)NC(=N)N1C.CCCN(C)C1=NC(C)NC(=NC)N1.CCN(C)C1=NC(C)NC(=N)N1C.CCN(C)C1=NC(C)NC(=NC)N1. The highest BCUT2D eigenvalue weighted by Gasteiger charge is 2.28. The van der Waals surface area contributed by atoms with Gasteiger partial charge < -0.3 is 81.7 Å². The largest absolute Gasteiger partial charge is 0.346 e. The van der Waals surface area contributed by atoms with Crippen LogP contribution in [0, 0.1) is 21.6 Å². The molecule has 0 aliphatic carbocycles. The lowest BCUT2D eigenvalue weighted by molar-refractivity contribution is 0.408. The van der Waals surface area contributed by atoms with Crippen molar-refractivity contribution in [3.05, 3.63) is 0 Å². The number of aliphatic imine (C=N–C) groups is 12. The Morgan fingerprint density at radius 2 is 0.474 bits per heavy atom. The fraction of sp³-hybridized carbons (Fsp3) is 0.789. The number of hydrogen-bond donors (Lipinski definition) is 16. The Balaban J connectivity index is 0.000000664. The number of rotatable bonds is 20. The van der Waals surface area contributed by atoms with Crippen molar-refractivity contribution in [2.45, 2.75) is 237 Å². The van der Waals surface area contributed by atoms with E-state index in [1.807, 2.05) is 143 Å². The molecule has 8 heterocycles. The molecule has 8 aliphatic rings. The molecule has 0 fully saturated rings. The predicted molar refractivity (Wildman–Crippen MR) is 490 cm³/mol. The smallest absolute Gasteiger partial charge is 0.205 e. The highest BCUT2D eigenvalue weighted by molar-refractivity contribution is 6.04. The van der Waals surface area contributed by atoms with Crippen LogP contribution in [0.4, 0.5) is 0 Å². The summed E-state index contributed by atoms with van der Waals surface area (Å²) in [5.74, 6) is 11.8. The third-order valence-corrected chi connectivity index (χ3v) is 18.4. The fourth-order valence-corrected chi connectivity index (χ4v) is 11.3. The molecule has 8 unspecified atom stereocenters. The molecule has 8 rings (SSSR count). The van der Waals surface area contributed by atoms with Gasteiger partial charge in [0.2, 0.25) is 47.7 Å². The van der Waals surface area contributed by atoms with Gasteiger partial charge in [-0.25, -0.2) is 39.9 Å². The Morgan fingerprint density at radius 3 is 0.724 bits per heavy atom. The summed E-state index contributed by atoms with van der Waals surface area (Å²) in [7, 11) is 30.6. The summed E-state index contributed by atoms with van der Waals surface area (Å²) >= 11 is 0. The Bertz CT molecular complexity index is 3300. The Labute approximate surface area is 698 Å². The zero-order valence-corrected chi connectivity index (χ0v) is 77.5. The van der Waals surface area contributed by atoms with E-state index in [0.717, 1.165) is 143 Å². The van der Waals surface area contributed by atoms with Gasteiger partial charge in [0.1, 0.15) is 49.3 Å². The number of nitrogens with zero attached hydrogens (tertiary/aromatic N) is 24. The van der Waals surface area contributed by atoms with E-state index in [2.05, 4.69) is 216 Å². The molecular weight excluding hydrogens is 1470 g/mol. The van der Waals surface area contributed by atoms with Crippen LogP contribution in [0.3, 0.4) is 0 Å². The molecule has 40 nitrogen and oxygen atoms in total. The lowest BCUT2D eigenvalue weighted by atomic mass is 10.2. The Hall–Kier alpha value is -10.1. The second-order valence-electron chi connectivity index (χ2n) is 29.2. The third-order valence-electron chi connectivity index (χ3n) is 18.4. The molecular formula is C76H160N40. The normalized spacial score (nSPS) is 22.4. The van der Waals surface area contributed by atoms with Crippen LogP contribution in [0.15, 0.2) is 59.9 Å². The number of hydrogen-bond acceptors (Lipinski definition) is 24. The molecule has 40 heteroatoms. The van der Waals surface area contributed by atoms with Gasteiger partial charge in [0.05, 0.1) is 0 Å². The summed E-state index contributed by atoms with van der Waals surface area (Å²) in [5.41, 5.74) is 0. The van der Waals surface area contributed by atoms with Crippen LogP contribution in [0.5, 0.6) is 0 Å². The van der Waals surface area contributed by atoms with Crippen LogP contribution in [-0.4, -0.2) is 369 Å². The lowest BCUT2D eigenvalue weighted by Gasteiger charge is -2.34. The summed E-state index contributed by atoms with van der Waals surface area (Å²) in [4.78, 5) is 75.8. The zero-order chi connectivity index (χ0) is 87.9. The van der Waals surface area contributed by atoms with Crippen molar-refractivity contribution < 1.29 is 0 Å². The number of nitrogens with one attached hydrogen (secondary N) is 16. The summed E-state index contributed by atoms with van der Waals surface area (Å²) < 4.78 is 0.